The second-order valence-corrected chi connectivity index (χ2v) is 5.06. The average Bonchev–Trinajstić information content (AvgIpc) is 2.39. The Morgan fingerprint density at radius 3 is 2.60 bits per heavy atom. The highest BCUT2D eigenvalue weighted by Gasteiger charge is 2.15. The number of carbonyl (C=O) groups is 3. The lowest BCUT2D eigenvalue weighted by atomic mass is 10.3. The minimum Gasteiger partial charge on any atom is -0.465 e. The van der Waals surface area contributed by atoms with Crippen LogP contribution in [0.1, 0.15) is 26.7 Å². The van der Waals surface area contributed by atoms with Crippen molar-refractivity contribution in [2.24, 2.45) is 5.73 Å². The van der Waals surface area contributed by atoms with E-state index in [0.29, 0.717) is 6.54 Å². The normalized spacial score (nSPS) is 11.6. The second-order valence-electron chi connectivity index (χ2n) is 4.03. The van der Waals surface area contributed by atoms with Crippen molar-refractivity contribution in [2.75, 3.05) is 24.7 Å². The maximum atomic E-state index is 11.4. The van der Waals surface area contributed by atoms with Gasteiger partial charge in [-0.25, -0.2) is 4.79 Å². The van der Waals surface area contributed by atoms with Gasteiger partial charge in [0.2, 0.25) is 5.91 Å². The Labute approximate surface area is 123 Å². The molecular weight excluding hydrogens is 282 g/mol. The molecule has 3 amide bonds. The summed E-state index contributed by atoms with van der Waals surface area (Å²) in [6.45, 7) is 4.52. The van der Waals surface area contributed by atoms with Crippen molar-refractivity contribution in [1.29, 1.82) is 0 Å². The molecule has 0 rings (SSSR count). The molecule has 0 aromatic heterocycles. The van der Waals surface area contributed by atoms with Gasteiger partial charge in [0.25, 0.3) is 0 Å². The Morgan fingerprint density at radius 2 is 2.00 bits per heavy atom. The summed E-state index contributed by atoms with van der Waals surface area (Å²) in [7, 11) is 0. The van der Waals surface area contributed by atoms with Crippen LogP contribution in [-0.2, 0) is 14.3 Å². The average molecular weight is 305 g/mol. The zero-order chi connectivity index (χ0) is 15.4. The number of unbranched alkanes of at least 4 members (excludes halogenated alkanes) is 1. The number of hydrogen-bond acceptors (Lipinski definition) is 6. The lowest BCUT2D eigenvalue weighted by Crippen LogP contribution is -2.41. The SMILES string of the molecule is CCCCNC(=O)NC(=O)CSCC(N)C(=O)OCC. The summed E-state index contributed by atoms with van der Waals surface area (Å²) >= 11 is 1.18. The lowest BCUT2D eigenvalue weighted by Gasteiger charge is -2.10. The summed E-state index contributed by atoms with van der Waals surface area (Å²) in [6, 6.07) is -1.26. The van der Waals surface area contributed by atoms with Gasteiger partial charge in [-0.3, -0.25) is 14.9 Å². The molecular formula is C12H23N3O4S. The molecule has 20 heavy (non-hydrogen) atoms. The molecule has 0 aliphatic carbocycles. The molecule has 0 aliphatic rings. The van der Waals surface area contributed by atoms with Gasteiger partial charge in [-0.2, -0.15) is 0 Å². The molecule has 0 aromatic rings. The Kier molecular flexibility index (Phi) is 10.8. The van der Waals surface area contributed by atoms with E-state index < -0.39 is 23.9 Å². The summed E-state index contributed by atoms with van der Waals surface area (Å²) < 4.78 is 4.74. The van der Waals surface area contributed by atoms with Crippen LogP contribution in [0.3, 0.4) is 0 Å². The van der Waals surface area contributed by atoms with E-state index in [-0.39, 0.29) is 18.1 Å². The first kappa shape index (κ1) is 18.7. The Balaban J connectivity index is 3.72. The highest BCUT2D eigenvalue weighted by Crippen LogP contribution is 2.02. The third-order valence-corrected chi connectivity index (χ3v) is 3.25. The van der Waals surface area contributed by atoms with E-state index in [1.807, 2.05) is 6.92 Å². The van der Waals surface area contributed by atoms with E-state index >= 15 is 0 Å². The molecule has 0 radical (unpaired) electrons. The molecule has 0 heterocycles. The van der Waals surface area contributed by atoms with Crippen molar-refractivity contribution >= 4 is 29.7 Å². The first-order valence-electron chi connectivity index (χ1n) is 6.58. The van der Waals surface area contributed by atoms with E-state index in [0.717, 1.165) is 12.8 Å². The number of thioether (sulfide) groups is 1. The van der Waals surface area contributed by atoms with Gasteiger partial charge < -0.3 is 15.8 Å². The lowest BCUT2D eigenvalue weighted by molar-refractivity contribution is -0.144. The number of rotatable bonds is 9. The number of carbonyl (C=O) groups excluding carboxylic acids is 3. The molecule has 4 N–H and O–H groups in total. The molecule has 0 aliphatic heterocycles. The highest BCUT2D eigenvalue weighted by molar-refractivity contribution is 8.00. The van der Waals surface area contributed by atoms with Crippen molar-refractivity contribution in [3.63, 3.8) is 0 Å². The number of nitrogens with one attached hydrogen (secondary N) is 2. The number of ether oxygens (including phenoxy) is 1. The van der Waals surface area contributed by atoms with Crippen molar-refractivity contribution in [3.05, 3.63) is 0 Å². The van der Waals surface area contributed by atoms with Crippen LogP contribution in [0.2, 0.25) is 0 Å². The van der Waals surface area contributed by atoms with E-state index in [9.17, 15) is 14.4 Å². The van der Waals surface area contributed by atoms with Crippen molar-refractivity contribution in [3.8, 4) is 0 Å². The monoisotopic (exact) mass is 305 g/mol. The topological polar surface area (TPSA) is 111 Å². The summed E-state index contributed by atoms with van der Waals surface area (Å²) in [4.78, 5) is 33.9. The van der Waals surface area contributed by atoms with Gasteiger partial charge in [-0.15, -0.1) is 11.8 Å². The minimum absolute atomic E-state index is 0.0638. The molecule has 1 atom stereocenters. The number of hydrogen-bond donors (Lipinski definition) is 3. The second kappa shape index (κ2) is 11.5. The van der Waals surface area contributed by atoms with E-state index in [2.05, 4.69) is 10.6 Å². The van der Waals surface area contributed by atoms with E-state index in [1.165, 1.54) is 11.8 Å². The zero-order valence-electron chi connectivity index (χ0n) is 11.9. The third-order valence-electron chi connectivity index (χ3n) is 2.19. The minimum atomic E-state index is -0.758. The van der Waals surface area contributed by atoms with Crippen LogP contribution in [-0.4, -0.2) is 48.6 Å². The number of urea groups is 1. The standard InChI is InChI=1S/C12H23N3O4S/c1-3-5-6-14-12(18)15-10(16)8-20-7-9(13)11(17)19-4-2/h9H,3-8,13H2,1-2H3,(H2,14,15,16,18). The fourth-order valence-electron chi connectivity index (χ4n) is 1.18. The quantitative estimate of drug-likeness (QED) is 0.415. The van der Waals surface area contributed by atoms with Crippen LogP contribution in [0.5, 0.6) is 0 Å². The molecule has 7 nitrogen and oxygen atoms in total. The largest absolute Gasteiger partial charge is 0.465 e. The van der Waals surface area contributed by atoms with Crippen LogP contribution in [0.4, 0.5) is 4.79 Å². The van der Waals surface area contributed by atoms with Gasteiger partial charge in [0.1, 0.15) is 6.04 Å². The van der Waals surface area contributed by atoms with Crippen LogP contribution >= 0.6 is 11.8 Å². The maximum absolute atomic E-state index is 11.4. The van der Waals surface area contributed by atoms with Gasteiger partial charge >= 0.3 is 12.0 Å². The van der Waals surface area contributed by atoms with Crippen LogP contribution in [0, 0.1) is 0 Å². The van der Waals surface area contributed by atoms with Crippen LogP contribution in [0.25, 0.3) is 0 Å². The highest BCUT2D eigenvalue weighted by atomic mass is 32.2. The van der Waals surface area contributed by atoms with Gasteiger partial charge in [-0.1, -0.05) is 13.3 Å². The number of imide groups is 1. The van der Waals surface area contributed by atoms with Crippen molar-refractivity contribution in [1.82, 2.24) is 10.6 Å². The smallest absolute Gasteiger partial charge is 0.323 e. The van der Waals surface area contributed by atoms with Crippen LogP contribution in [0.15, 0.2) is 0 Å². The van der Waals surface area contributed by atoms with Crippen molar-refractivity contribution < 1.29 is 19.1 Å². The van der Waals surface area contributed by atoms with E-state index in [1.54, 1.807) is 6.92 Å². The fraction of sp³-hybridized carbons (Fsp3) is 0.750. The predicted molar refractivity (Wildman–Crippen MR) is 78.4 cm³/mol. The number of amides is 3. The molecule has 0 bridgehead atoms. The molecule has 0 fully saturated rings. The van der Waals surface area contributed by atoms with Crippen LogP contribution < -0.4 is 16.4 Å². The third kappa shape index (κ3) is 9.62. The van der Waals surface area contributed by atoms with Gasteiger partial charge in [0.15, 0.2) is 0 Å². The molecule has 0 saturated carbocycles. The summed E-state index contributed by atoms with van der Waals surface area (Å²) in [5.41, 5.74) is 5.57. The number of esters is 1. The Morgan fingerprint density at radius 1 is 1.30 bits per heavy atom. The molecule has 8 heteroatoms. The molecule has 0 spiro atoms. The predicted octanol–water partition coefficient (Wildman–Crippen LogP) is 0.236. The zero-order valence-corrected chi connectivity index (χ0v) is 12.8. The van der Waals surface area contributed by atoms with Gasteiger partial charge in [-0.05, 0) is 13.3 Å². The first-order valence-corrected chi connectivity index (χ1v) is 7.74. The van der Waals surface area contributed by atoms with E-state index in [4.69, 9.17) is 10.5 Å². The Hall–Kier alpha value is -1.28. The summed E-state index contributed by atoms with van der Waals surface area (Å²) in [5.74, 6) is -0.573. The molecule has 0 aromatic carbocycles. The van der Waals surface area contributed by atoms with Gasteiger partial charge in [0, 0.05) is 12.3 Å². The van der Waals surface area contributed by atoms with Gasteiger partial charge in [0.05, 0.1) is 12.4 Å². The maximum Gasteiger partial charge on any atom is 0.323 e. The summed E-state index contributed by atoms with van der Waals surface area (Å²) in [6.07, 6.45) is 1.83. The first-order chi connectivity index (χ1) is 9.51. The number of nitrogens with two attached hydrogens (primary N) is 1. The molecule has 0 saturated heterocycles. The molecule has 116 valence electrons. The summed E-state index contributed by atoms with van der Waals surface area (Å²) in [5, 5.41) is 4.77. The van der Waals surface area contributed by atoms with Crippen molar-refractivity contribution in [2.45, 2.75) is 32.7 Å². The molecule has 1 unspecified atom stereocenters. The fourth-order valence-corrected chi connectivity index (χ4v) is 1.95. The Bertz CT molecular complexity index is 326.